The van der Waals surface area contributed by atoms with Gasteiger partial charge in [0.1, 0.15) is 0 Å². The number of aromatic nitrogens is 3. The van der Waals surface area contributed by atoms with Crippen LogP contribution in [0.15, 0.2) is 45.4 Å². The summed E-state index contributed by atoms with van der Waals surface area (Å²) in [5.74, 6) is 2.19. The van der Waals surface area contributed by atoms with Crippen LogP contribution >= 0.6 is 0 Å². The molecule has 7 heteroatoms. The van der Waals surface area contributed by atoms with Gasteiger partial charge in [-0.3, -0.25) is 4.79 Å². The second-order valence-corrected chi connectivity index (χ2v) is 6.93. The Morgan fingerprint density at radius 3 is 2.62 bits per heavy atom. The van der Waals surface area contributed by atoms with Crippen molar-refractivity contribution < 1.29 is 13.8 Å². The number of carbonyl (C=O) groups is 1. The maximum absolute atomic E-state index is 12.3. The lowest BCUT2D eigenvalue weighted by Gasteiger charge is -2.33. The predicted octanol–water partition coefficient (Wildman–Crippen LogP) is 3.52. The molecule has 2 heterocycles. The van der Waals surface area contributed by atoms with Gasteiger partial charge in [0, 0.05) is 29.5 Å². The van der Waals surface area contributed by atoms with Gasteiger partial charge in [-0.05, 0) is 12.8 Å². The topological polar surface area (TPSA) is 94.1 Å². The molecule has 1 saturated carbocycles. The molecule has 0 radical (unpaired) electrons. The van der Waals surface area contributed by atoms with Crippen LogP contribution in [0.5, 0.6) is 0 Å². The highest BCUT2D eigenvalue weighted by Gasteiger charge is 2.35. The van der Waals surface area contributed by atoms with Crippen molar-refractivity contribution in [3.8, 4) is 11.3 Å². The zero-order valence-electron chi connectivity index (χ0n) is 14.7. The molecule has 2 aromatic heterocycles. The first-order chi connectivity index (χ1) is 12.6. The Bertz CT molecular complexity index is 894. The maximum atomic E-state index is 12.3. The Balaban J connectivity index is 1.33. The van der Waals surface area contributed by atoms with Gasteiger partial charge in [0.05, 0.1) is 0 Å². The van der Waals surface area contributed by atoms with E-state index < -0.39 is 0 Å². The van der Waals surface area contributed by atoms with Gasteiger partial charge in [-0.25, -0.2) is 0 Å². The molecule has 1 fully saturated rings. The molecule has 0 saturated heterocycles. The molecule has 0 atom stereocenters. The molecule has 1 N–H and O–H groups in total. The lowest BCUT2D eigenvalue weighted by molar-refractivity contribution is 0.0898. The van der Waals surface area contributed by atoms with Crippen molar-refractivity contribution in [1.29, 1.82) is 0 Å². The van der Waals surface area contributed by atoms with Gasteiger partial charge in [0.2, 0.25) is 5.89 Å². The lowest BCUT2D eigenvalue weighted by atomic mass is 9.79. The van der Waals surface area contributed by atoms with Crippen molar-refractivity contribution in [2.45, 2.75) is 44.6 Å². The second-order valence-electron chi connectivity index (χ2n) is 6.93. The Kier molecular flexibility index (Phi) is 4.28. The Morgan fingerprint density at radius 2 is 1.92 bits per heavy atom. The van der Waals surface area contributed by atoms with Crippen LogP contribution in [0.3, 0.4) is 0 Å². The average Bonchev–Trinajstić information content (AvgIpc) is 3.28. The molecule has 0 unspecified atom stereocenters. The highest BCUT2D eigenvalue weighted by atomic mass is 16.5. The molecule has 0 bridgehead atoms. The number of amides is 1. The third kappa shape index (κ3) is 3.24. The van der Waals surface area contributed by atoms with E-state index in [2.05, 4.69) is 20.6 Å². The van der Waals surface area contributed by atoms with E-state index in [1.54, 1.807) is 6.07 Å². The molecule has 1 amide bonds. The van der Waals surface area contributed by atoms with Crippen LogP contribution < -0.4 is 5.32 Å². The fourth-order valence-electron chi connectivity index (χ4n) is 2.97. The minimum absolute atomic E-state index is 0.0883. The number of hydrogen-bond acceptors (Lipinski definition) is 6. The number of nitrogens with zero attached hydrogens (tertiary/aromatic N) is 3. The van der Waals surface area contributed by atoms with E-state index in [9.17, 15) is 4.79 Å². The summed E-state index contributed by atoms with van der Waals surface area (Å²) in [4.78, 5) is 16.8. The molecule has 134 valence electrons. The predicted molar refractivity (Wildman–Crippen MR) is 93.6 cm³/mol. The lowest BCUT2D eigenvalue weighted by Crippen LogP contribution is -2.43. The minimum atomic E-state index is -0.227. The molecule has 7 nitrogen and oxygen atoms in total. The number of benzene rings is 1. The van der Waals surface area contributed by atoms with Gasteiger partial charge in [-0.1, -0.05) is 54.5 Å². The van der Waals surface area contributed by atoms with E-state index in [4.69, 9.17) is 9.05 Å². The fraction of sp³-hybridized carbons (Fsp3) is 0.368. The van der Waals surface area contributed by atoms with Crippen molar-refractivity contribution in [1.82, 2.24) is 20.6 Å². The van der Waals surface area contributed by atoms with Gasteiger partial charge in [0.25, 0.3) is 5.91 Å². The molecule has 4 rings (SSSR count). The van der Waals surface area contributed by atoms with Crippen molar-refractivity contribution in [2.24, 2.45) is 0 Å². The smallest absolute Gasteiger partial charge is 0.273 e. The maximum Gasteiger partial charge on any atom is 0.273 e. The van der Waals surface area contributed by atoms with E-state index >= 15 is 0 Å². The SMILES string of the molecule is CC(C)c1nc([C@H]2C[C@@H](NC(=O)c3cc(-c4ccccc4)on3)C2)no1. The first-order valence-electron chi connectivity index (χ1n) is 8.76. The quantitative estimate of drug-likeness (QED) is 0.755. The summed E-state index contributed by atoms with van der Waals surface area (Å²) < 4.78 is 10.5. The summed E-state index contributed by atoms with van der Waals surface area (Å²) in [6.07, 6.45) is 1.60. The minimum Gasteiger partial charge on any atom is -0.355 e. The average molecular weight is 352 g/mol. The van der Waals surface area contributed by atoms with Gasteiger partial charge in [-0.2, -0.15) is 4.98 Å². The number of hydrogen-bond donors (Lipinski definition) is 1. The van der Waals surface area contributed by atoms with E-state index in [-0.39, 0.29) is 29.5 Å². The highest BCUT2D eigenvalue weighted by Crippen LogP contribution is 2.36. The first kappa shape index (κ1) is 16.5. The molecule has 0 spiro atoms. The summed E-state index contributed by atoms with van der Waals surface area (Å²) >= 11 is 0. The van der Waals surface area contributed by atoms with Crippen molar-refractivity contribution in [3.05, 3.63) is 53.8 Å². The van der Waals surface area contributed by atoms with Crippen LogP contribution in [0.2, 0.25) is 0 Å². The van der Waals surface area contributed by atoms with Crippen molar-refractivity contribution in [3.63, 3.8) is 0 Å². The molecule has 26 heavy (non-hydrogen) atoms. The van der Waals surface area contributed by atoms with Crippen LogP contribution in [0, 0.1) is 0 Å². The first-order valence-corrected chi connectivity index (χ1v) is 8.76. The zero-order valence-corrected chi connectivity index (χ0v) is 14.7. The van der Waals surface area contributed by atoms with E-state index in [0.717, 1.165) is 24.2 Å². The largest absolute Gasteiger partial charge is 0.355 e. The molecule has 1 aliphatic carbocycles. The fourth-order valence-corrected chi connectivity index (χ4v) is 2.97. The number of carbonyl (C=O) groups excluding carboxylic acids is 1. The van der Waals surface area contributed by atoms with Gasteiger partial charge in [0.15, 0.2) is 17.3 Å². The summed E-state index contributed by atoms with van der Waals surface area (Å²) in [5, 5.41) is 10.9. The van der Waals surface area contributed by atoms with E-state index in [1.807, 2.05) is 44.2 Å². The highest BCUT2D eigenvalue weighted by molar-refractivity contribution is 5.93. The number of nitrogens with one attached hydrogen (secondary N) is 1. The monoisotopic (exact) mass is 352 g/mol. The van der Waals surface area contributed by atoms with Crippen LogP contribution in [0.4, 0.5) is 0 Å². The van der Waals surface area contributed by atoms with E-state index in [0.29, 0.717) is 11.7 Å². The number of rotatable bonds is 5. The molecule has 1 aromatic carbocycles. The van der Waals surface area contributed by atoms with Crippen molar-refractivity contribution >= 4 is 5.91 Å². The van der Waals surface area contributed by atoms with Crippen LogP contribution in [-0.2, 0) is 0 Å². The molecule has 1 aliphatic rings. The van der Waals surface area contributed by atoms with Gasteiger partial charge in [-0.15, -0.1) is 0 Å². The van der Waals surface area contributed by atoms with Gasteiger partial charge >= 0.3 is 0 Å². The third-order valence-electron chi connectivity index (χ3n) is 4.59. The molecule has 3 aromatic rings. The van der Waals surface area contributed by atoms with Gasteiger partial charge < -0.3 is 14.4 Å². The van der Waals surface area contributed by atoms with Crippen LogP contribution in [0.25, 0.3) is 11.3 Å². The third-order valence-corrected chi connectivity index (χ3v) is 4.59. The molecular formula is C19H20N4O3. The van der Waals surface area contributed by atoms with Crippen LogP contribution in [0.1, 0.15) is 60.7 Å². The Hall–Kier alpha value is -2.96. The molecule has 0 aliphatic heterocycles. The Labute approximate surface area is 150 Å². The summed E-state index contributed by atoms with van der Waals surface area (Å²) in [6, 6.07) is 11.3. The van der Waals surface area contributed by atoms with Crippen molar-refractivity contribution in [2.75, 3.05) is 0 Å². The summed E-state index contributed by atoms with van der Waals surface area (Å²) in [5.41, 5.74) is 1.18. The Morgan fingerprint density at radius 1 is 1.15 bits per heavy atom. The van der Waals surface area contributed by atoms with Crippen LogP contribution in [-0.4, -0.2) is 27.2 Å². The zero-order chi connectivity index (χ0) is 18.1. The summed E-state index contributed by atoms with van der Waals surface area (Å²) in [7, 11) is 0. The summed E-state index contributed by atoms with van der Waals surface area (Å²) in [6.45, 7) is 4.03. The second kappa shape index (κ2) is 6.74. The molecular weight excluding hydrogens is 332 g/mol. The van der Waals surface area contributed by atoms with E-state index in [1.165, 1.54) is 0 Å². The normalized spacial score (nSPS) is 19.3. The standard InChI is InChI=1S/C19H20N4O3/c1-11(2)19-21-17(23-26-19)13-8-14(9-13)20-18(24)15-10-16(25-22-15)12-6-4-3-5-7-12/h3-7,10-11,13-14H,8-9H2,1-2H3,(H,20,24)/t13-,14+.